The first-order chi connectivity index (χ1) is 9.09. The second-order valence-electron chi connectivity index (χ2n) is 5.55. The molecule has 110 valence electrons. The van der Waals surface area contributed by atoms with E-state index in [1.807, 2.05) is 0 Å². The number of hydrogen-bond donors (Lipinski definition) is 1. The first kappa shape index (κ1) is 14.8. The topological polar surface area (TPSA) is 66.5 Å². The maximum Gasteiger partial charge on any atom is 0.223 e. The summed E-state index contributed by atoms with van der Waals surface area (Å²) in [6.45, 7) is 1.52. The van der Waals surface area contributed by atoms with Crippen molar-refractivity contribution in [1.29, 1.82) is 0 Å². The summed E-state index contributed by atoms with van der Waals surface area (Å²) in [6, 6.07) is 0. The standard InChI is InChI=1S/C13H24N2O3S/c16-13(12-6-2-1-3-7-12)14-8-11-19(17,18)15-9-4-5-10-15/h12H,1-11H2,(H,14,16). The summed E-state index contributed by atoms with van der Waals surface area (Å²) in [5.74, 6) is 0.172. The number of carbonyl (C=O) groups is 1. The van der Waals surface area contributed by atoms with Crippen LogP contribution in [0.4, 0.5) is 0 Å². The highest BCUT2D eigenvalue weighted by Crippen LogP contribution is 2.23. The smallest absolute Gasteiger partial charge is 0.223 e. The Bertz CT molecular complexity index is 396. The van der Waals surface area contributed by atoms with Gasteiger partial charge in [0, 0.05) is 25.6 Å². The molecule has 1 aliphatic carbocycles. The van der Waals surface area contributed by atoms with Crippen molar-refractivity contribution < 1.29 is 13.2 Å². The molecule has 0 bridgehead atoms. The molecule has 0 aromatic rings. The summed E-state index contributed by atoms with van der Waals surface area (Å²) in [4.78, 5) is 11.9. The maximum absolute atomic E-state index is 12.0. The maximum atomic E-state index is 12.0. The number of carbonyl (C=O) groups excluding carboxylic acids is 1. The molecule has 0 spiro atoms. The second kappa shape index (κ2) is 6.70. The van der Waals surface area contributed by atoms with E-state index in [9.17, 15) is 13.2 Å². The molecule has 1 saturated carbocycles. The van der Waals surface area contributed by atoms with Gasteiger partial charge in [0.25, 0.3) is 0 Å². The van der Waals surface area contributed by atoms with Gasteiger partial charge in [-0.2, -0.15) is 0 Å². The van der Waals surface area contributed by atoms with Gasteiger partial charge < -0.3 is 5.32 Å². The normalized spacial score (nSPS) is 22.5. The molecule has 1 saturated heterocycles. The molecule has 1 N–H and O–H groups in total. The molecule has 0 radical (unpaired) electrons. The van der Waals surface area contributed by atoms with Crippen LogP contribution in [-0.2, 0) is 14.8 Å². The molecule has 19 heavy (non-hydrogen) atoms. The predicted molar refractivity (Wildman–Crippen MR) is 74.2 cm³/mol. The van der Waals surface area contributed by atoms with Gasteiger partial charge in [0.1, 0.15) is 0 Å². The van der Waals surface area contributed by atoms with Crippen molar-refractivity contribution in [2.24, 2.45) is 5.92 Å². The summed E-state index contributed by atoms with van der Waals surface area (Å²) in [6.07, 6.45) is 7.25. The van der Waals surface area contributed by atoms with Gasteiger partial charge in [-0.3, -0.25) is 4.79 Å². The van der Waals surface area contributed by atoms with E-state index in [2.05, 4.69) is 5.32 Å². The van der Waals surface area contributed by atoms with Crippen LogP contribution in [0.2, 0.25) is 0 Å². The highest BCUT2D eigenvalue weighted by molar-refractivity contribution is 7.89. The molecule has 0 aromatic carbocycles. The third-order valence-electron chi connectivity index (χ3n) is 4.09. The zero-order valence-electron chi connectivity index (χ0n) is 11.4. The summed E-state index contributed by atoms with van der Waals surface area (Å²) in [7, 11) is -3.17. The fourth-order valence-electron chi connectivity index (χ4n) is 2.91. The predicted octanol–water partition coefficient (Wildman–Crippen LogP) is 1.11. The summed E-state index contributed by atoms with van der Waals surface area (Å²) in [5.41, 5.74) is 0. The van der Waals surface area contributed by atoms with Crippen molar-refractivity contribution in [3.05, 3.63) is 0 Å². The van der Waals surface area contributed by atoms with Gasteiger partial charge in [-0.15, -0.1) is 0 Å². The van der Waals surface area contributed by atoms with E-state index in [4.69, 9.17) is 0 Å². The Morgan fingerprint density at radius 1 is 1.05 bits per heavy atom. The SMILES string of the molecule is O=C(NCCS(=O)(=O)N1CCCC1)C1CCCCC1. The monoisotopic (exact) mass is 288 g/mol. The van der Waals surface area contributed by atoms with Crippen LogP contribution >= 0.6 is 0 Å². The van der Waals surface area contributed by atoms with Crippen molar-refractivity contribution >= 4 is 15.9 Å². The molecule has 2 aliphatic rings. The lowest BCUT2D eigenvalue weighted by atomic mass is 9.89. The molecule has 0 atom stereocenters. The Hall–Kier alpha value is -0.620. The molecular formula is C13H24N2O3S. The fraction of sp³-hybridized carbons (Fsp3) is 0.923. The van der Waals surface area contributed by atoms with Crippen molar-refractivity contribution in [1.82, 2.24) is 9.62 Å². The Morgan fingerprint density at radius 3 is 2.32 bits per heavy atom. The van der Waals surface area contributed by atoms with Gasteiger partial charge in [-0.05, 0) is 25.7 Å². The van der Waals surface area contributed by atoms with E-state index in [1.165, 1.54) is 6.42 Å². The zero-order valence-corrected chi connectivity index (χ0v) is 12.3. The van der Waals surface area contributed by atoms with Crippen molar-refractivity contribution in [3.8, 4) is 0 Å². The summed E-state index contributed by atoms with van der Waals surface area (Å²) >= 11 is 0. The molecule has 5 nitrogen and oxygen atoms in total. The Labute approximate surface area is 115 Å². The van der Waals surface area contributed by atoms with Crippen LogP contribution in [0, 0.1) is 5.92 Å². The molecular weight excluding hydrogens is 264 g/mol. The number of nitrogens with one attached hydrogen (secondary N) is 1. The fourth-order valence-corrected chi connectivity index (χ4v) is 4.34. The van der Waals surface area contributed by atoms with Crippen molar-refractivity contribution in [2.75, 3.05) is 25.4 Å². The summed E-state index contributed by atoms with van der Waals surface area (Å²) in [5, 5.41) is 2.79. The average Bonchev–Trinajstić information content (AvgIpc) is 2.94. The minimum atomic E-state index is -3.17. The lowest BCUT2D eigenvalue weighted by Gasteiger charge is -2.21. The Kier molecular flexibility index (Phi) is 5.21. The highest BCUT2D eigenvalue weighted by Gasteiger charge is 2.26. The molecule has 1 heterocycles. The molecule has 0 unspecified atom stereocenters. The lowest BCUT2D eigenvalue weighted by molar-refractivity contribution is -0.125. The highest BCUT2D eigenvalue weighted by atomic mass is 32.2. The third-order valence-corrected chi connectivity index (χ3v) is 5.97. The van der Waals surface area contributed by atoms with Crippen LogP contribution < -0.4 is 5.32 Å². The number of hydrogen-bond acceptors (Lipinski definition) is 3. The average molecular weight is 288 g/mol. The van der Waals surface area contributed by atoms with Gasteiger partial charge >= 0.3 is 0 Å². The van der Waals surface area contributed by atoms with Crippen molar-refractivity contribution in [3.63, 3.8) is 0 Å². The first-order valence-electron chi connectivity index (χ1n) is 7.35. The van der Waals surface area contributed by atoms with Gasteiger partial charge in [0.2, 0.25) is 15.9 Å². The quantitative estimate of drug-likeness (QED) is 0.824. The minimum absolute atomic E-state index is 0.0332. The van der Waals surface area contributed by atoms with Crippen LogP contribution in [0.15, 0.2) is 0 Å². The van der Waals surface area contributed by atoms with E-state index in [-0.39, 0.29) is 24.1 Å². The first-order valence-corrected chi connectivity index (χ1v) is 8.96. The Morgan fingerprint density at radius 2 is 1.68 bits per heavy atom. The molecule has 2 fully saturated rings. The molecule has 2 rings (SSSR count). The molecule has 1 aliphatic heterocycles. The van der Waals surface area contributed by atoms with Crippen LogP contribution in [0.3, 0.4) is 0 Å². The minimum Gasteiger partial charge on any atom is -0.355 e. The van der Waals surface area contributed by atoms with Crippen molar-refractivity contribution in [2.45, 2.75) is 44.9 Å². The van der Waals surface area contributed by atoms with E-state index < -0.39 is 10.0 Å². The van der Waals surface area contributed by atoms with Crippen LogP contribution in [0.25, 0.3) is 0 Å². The Balaban J connectivity index is 1.71. The zero-order chi connectivity index (χ0) is 13.7. The number of amides is 1. The number of sulfonamides is 1. The largest absolute Gasteiger partial charge is 0.355 e. The third kappa shape index (κ3) is 4.18. The second-order valence-corrected chi connectivity index (χ2v) is 7.64. The van der Waals surface area contributed by atoms with Crippen LogP contribution in [0.1, 0.15) is 44.9 Å². The van der Waals surface area contributed by atoms with E-state index in [1.54, 1.807) is 4.31 Å². The molecule has 0 aromatic heterocycles. The molecule has 6 heteroatoms. The van der Waals surface area contributed by atoms with E-state index in [0.29, 0.717) is 13.1 Å². The van der Waals surface area contributed by atoms with Gasteiger partial charge in [-0.1, -0.05) is 19.3 Å². The molecule has 1 amide bonds. The van der Waals surface area contributed by atoms with E-state index in [0.717, 1.165) is 38.5 Å². The van der Waals surface area contributed by atoms with Gasteiger partial charge in [-0.25, -0.2) is 12.7 Å². The van der Waals surface area contributed by atoms with Crippen LogP contribution in [-0.4, -0.2) is 44.0 Å². The van der Waals surface area contributed by atoms with Gasteiger partial charge in [0.15, 0.2) is 0 Å². The summed E-state index contributed by atoms with van der Waals surface area (Å²) < 4.78 is 25.5. The van der Waals surface area contributed by atoms with Crippen LogP contribution in [0.5, 0.6) is 0 Å². The van der Waals surface area contributed by atoms with E-state index >= 15 is 0 Å². The van der Waals surface area contributed by atoms with Gasteiger partial charge in [0.05, 0.1) is 5.75 Å². The number of rotatable bonds is 5. The lowest BCUT2D eigenvalue weighted by Crippen LogP contribution is -2.38. The number of nitrogens with zero attached hydrogens (tertiary/aromatic N) is 1.